The van der Waals surface area contributed by atoms with Crippen molar-refractivity contribution in [3.8, 4) is 11.5 Å². The first-order chi connectivity index (χ1) is 12.2. The van der Waals surface area contributed by atoms with Crippen LogP contribution in [0, 0.1) is 0 Å². The van der Waals surface area contributed by atoms with Crippen LogP contribution in [-0.2, 0) is 11.2 Å². The number of carbonyl (C=O) groups excluding carboxylic acids is 1. The van der Waals surface area contributed by atoms with Gasteiger partial charge in [0.25, 0.3) is 0 Å². The van der Waals surface area contributed by atoms with Gasteiger partial charge in [-0.2, -0.15) is 0 Å². The van der Waals surface area contributed by atoms with E-state index in [0.29, 0.717) is 12.5 Å². The molecular formula is C20H30N2O3. The lowest BCUT2D eigenvalue weighted by atomic mass is 10.0. The molecule has 1 atom stereocenters. The minimum absolute atomic E-state index is 0.169. The third-order valence-corrected chi connectivity index (χ3v) is 5.36. The molecule has 1 aliphatic carbocycles. The van der Waals surface area contributed by atoms with Gasteiger partial charge in [-0.15, -0.1) is 0 Å². The summed E-state index contributed by atoms with van der Waals surface area (Å²) in [4.78, 5) is 15.1. The molecule has 1 saturated carbocycles. The zero-order valence-corrected chi connectivity index (χ0v) is 15.4. The predicted molar refractivity (Wildman–Crippen MR) is 98.2 cm³/mol. The fraction of sp³-hybridized carbons (Fsp3) is 0.650. The van der Waals surface area contributed by atoms with Crippen LogP contribution in [0.25, 0.3) is 0 Å². The second kappa shape index (κ2) is 8.56. The highest BCUT2D eigenvalue weighted by Gasteiger charge is 2.29. The van der Waals surface area contributed by atoms with Crippen molar-refractivity contribution < 1.29 is 14.3 Å². The van der Waals surface area contributed by atoms with Crippen molar-refractivity contribution in [2.24, 2.45) is 0 Å². The minimum Gasteiger partial charge on any atom is -0.497 e. The van der Waals surface area contributed by atoms with E-state index in [-0.39, 0.29) is 11.9 Å². The van der Waals surface area contributed by atoms with E-state index >= 15 is 0 Å². The number of benzene rings is 1. The standard InChI is InChI=1S/C20H30N2O3/c1-24-17-11-15(12-18(14-17)25-2)13-19(21-16-7-3-4-8-16)20(23)22-9-5-6-10-22/h11-12,14,16,19,21H,3-10,13H2,1-2H3/t19-/m0/s1. The maximum Gasteiger partial charge on any atom is 0.240 e. The second-order valence-corrected chi connectivity index (χ2v) is 7.16. The van der Waals surface area contributed by atoms with Crippen molar-refractivity contribution in [2.45, 2.75) is 57.0 Å². The summed E-state index contributed by atoms with van der Waals surface area (Å²) in [6, 6.07) is 6.17. The average molecular weight is 346 g/mol. The third kappa shape index (κ3) is 4.66. The summed E-state index contributed by atoms with van der Waals surface area (Å²) in [6.07, 6.45) is 7.77. The summed E-state index contributed by atoms with van der Waals surface area (Å²) in [5.41, 5.74) is 1.07. The molecule has 138 valence electrons. The summed E-state index contributed by atoms with van der Waals surface area (Å²) < 4.78 is 10.8. The molecule has 1 aromatic rings. The van der Waals surface area contributed by atoms with Crippen LogP contribution < -0.4 is 14.8 Å². The Morgan fingerprint density at radius 3 is 2.24 bits per heavy atom. The van der Waals surface area contributed by atoms with Gasteiger partial charge >= 0.3 is 0 Å². The van der Waals surface area contributed by atoms with E-state index in [2.05, 4.69) is 5.32 Å². The van der Waals surface area contributed by atoms with Crippen LogP contribution in [0.1, 0.15) is 44.1 Å². The largest absolute Gasteiger partial charge is 0.497 e. The number of rotatable bonds is 7. The van der Waals surface area contributed by atoms with E-state index in [4.69, 9.17) is 9.47 Å². The predicted octanol–water partition coefficient (Wildman–Crippen LogP) is 2.77. The van der Waals surface area contributed by atoms with Crippen LogP contribution >= 0.6 is 0 Å². The number of hydrogen-bond acceptors (Lipinski definition) is 4. The van der Waals surface area contributed by atoms with Crippen LogP contribution in [0.2, 0.25) is 0 Å². The highest BCUT2D eigenvalue weighted by molar-refractivity contribution is 5.82. The molecule has 0 bridgehead atoms. The Labute approximate surface area is 150 Å². The number of hydrogen-bond donors (Lipinski definition) is 1. The number of ether oxygens (including phenoxy) is 2. The topological polar surface area (TPSA) is 50.8 Å². The van der Waals surface area contributed by atoms with E-state index in [1.54, 1.807) is 14.2 Å². The van der Waals surface area contributed by atoms with E-state index < -0.39 is 0 Å². The Hall–Kier alpha value is -1.75. The number of methoxy groups -OCH3 is 2. The summed E-state index contributed by atoms with van der Waals surface area (Å²) in [5, 5.41) is 3.64. The van der Waals surface area contributed by atoms with Crippen molar-refractivity contribution in [1.82, 2.24) is 10.2 Å². The second-order valence-electron chi connectivity index (χ2n) is 7.16. The van der Waals surface area contributed by atoms with Gasteiger partial charge in [0.2, 0.25) is 5.91 Å². The molecule has 3 rings (SSSR count). The number of likely N-dealkylation sites (tertiary alicyclic amines) is 1. The van der Waals surface area contributed by atoms with Gasteiger partial charge in [0.1, 0.15) is 11.5 Å². The number of amides is 1. The zero-order chi connectivity index (χ0) is 17.6. The van der Waals surface area contributed by atoms with Crippen LogP contribution in [0.5, 0.6) is 11.5 Å². The number of nitrogens with one attached hydrogen (secondary N) is 1. The number of carbonyl (C=O) groups is 1. The Morgan fingerprint density at radius 1 is 1.08 bits per heavy atom. The Bertz CT molecular complexity index is 556. The fourth-order valence-corrected chi connectivity index (χ4v) is 3.97. The zero-order valence-electron chi connectivity index (χ0n) is 15.4. The number of nitrogens with zero attached hydrogens (tertiary/aromatic N) is 1. The first-order valence-electron chi connectivity index (χ1n) is 9.46. The van der Waals surface area contributed by atoms with Gasteiger partial charge in [-0.25, -0.2) is 0 Å². The van der Waals surface area contributed by atoms with Crippen molar-refractivity contribution in [3.63, 3.8) is 0 Å². The lowest BCUT2D eigenvalue weighted by molar-refractivity contribution is -0.132. The molecule has 0 unspecified atom stereocenters. The van der Waals surface area contributed by atoms with Crippen molar-refractivity contribution in [2.75, 3.05) is 27.3 Å². The highest BCUT2D eigenvalue weighted by Crippen LogP contribution is 2.25. The molecule has 1 aromatic carbocycles. The Balaban J connectivity index is 1.77. The van der Waals surface area contributed by atoms with Gasteiger partial charge < -0.3 is 19.7 Å². The molecule has 0 aromatic heterocycles. The summed E-state index contributed by atoms with van der Waals surface area (Å²) in [7, 11) is 3.31. The van der Waals surface area contributed by atoms with Gasteiger partial charge in [-0.05, 0) is 49.8 Å². The highest BCUT2D eigenvalue weighted by atomic mass is 16.5. The van der Waals surface area contributed by atoms with Crippen LogP contribution in [-0.4, -0.2) is 50.2 Å². The molecule has 0 spiro atoms. The molecule has 5 nitrogen and oxygen atoms in total. The summed E-state index contributed by atoms with van der Waals surface area (Å²) in [6.45, 7) is 1.78. The van der Waals surface area contributed by atoms with E-state index in [9.17, 15) is 4.79 Å². The molecule has 25 heavy (non-hydrogen) atoms. The molecule has 2 fully saturated rings. The molecule has 1 N–H and O–H groups in total. The summed E-state index contributed by atoms with van der Waals surface area (Å²) in [5.74, 6) is 1.77. The minimum atomic E-state index is -0.169. The quantitative estimate of drug-likeness (QED) is 0.825. The third-order valence-electron chi connectivity index (χ3n) is 5.36. The van der Waals surface area contributed by atoms with Crippen molar-refractivity contribution in [3.05, 3.63) is 23.8 Å². The maximum absolute atomic E-state index is 13.0. The Kier molecular flexibility index (Phi) is 6.19. The van der Waals surface area contributed by atoms with Crippen LogP contribution in [0.15, 0.2) is 18.2 Å². The fourth-order valence-electron chi connectivity index (χ4n) is 3.97. The van der Waals surface area contributed by atoms with Crippen LogP contribution in [0.4, 0.5) is 0 Å². The van der Waals surface area contributed by atoms with Gasteiger partial charge in [0.15, 0.2) is 0 Å². The lowest BCUT2D eigenvalue weighted by Crippen LogP contribution is -2.49. The van der Waals surface area contributed by atoms with Gasteiger partial charge in [-0.3, -0.25) is 4.79 Å². The van der Waals surface area contributed by atoms with Crippen LogP contribution in [0.3, 0.4) is 0 Å². The maximum atomic E-state index is 13.0. The van der Waals surface area contributed by atoms with E-state index in [1.807, 2.05) is 23.1 Å². The normalized spacial score (nSPS) is 19.2. The van der Waals surface area contributed by atoms with E-state index in [0.717, 1.165) is 43.0 Å². The summed E-state index contributed by atoms with van der Waals surface area (Å²) >= 11 is 0. The molecule has 1 aliphatic heterocycles. The lowest BCUT2D eigenvalue weighted by Gasteiger charge is -2.27. The molecule has 1 saturated heterocycles. The first-order valence-corrected chi connectivity index (χ1v) is 9.46. The smallest absolute Gasteiger partial charge is 0.240 e. The van der Waals surface area contributed by atoms with Gasteiger partial charge in [-0.1, -0.05) is 12.8 Å². The van der Waals surface area contributed by atoms with Crippen molar-refractivity contribution in [1.29, 1.82) is 0 Å². The first kappa shape index (κ1) is 18.1. The molecule has 5 heteroatoms. The molecular weight excluding hydrogens is 316 g/mol. The molecule has 1 heterocycles. The Morgan fingerprint density at radius 2 is 1.68 bits per heavy atom. The molecule has 0 radical (unpaired) electrons. The van der Waals surface area contributed by atoms with E-state index in [1.165, 1.54) is 25.7 Å². The SMILES string of the molecule is COc1cc(C[C@H](NC2CCCC2)C(=O)N2CCCC2)cc(OC)c1. The molecule has 2 aliphatic rings. The van der Waals surface area contributed by atoms with Gasteiger partial charge in [0.05, 0.1) is 20.3 Å². The monoisotopic (exact) mass is 346 g/mol. The van der Waals surface area contributed by atoms with Gasteiger partial charge in [0, 0.05) is 25.2 Å². The van der Waals surface area contributed by atoms with Crippen molar-refractivity contribution >= 4 is 5.91 Å². The molecule has 1 amide bonds. The average Bonchev–Trinajstić information content (AvgIpc) is 3.34.